The normalized spacial score (nSPS) is 23.1. The highest BCUT2D eigenvalue weighted by molar-refractivity contribution is 5.92. The first-order chi connectivity index (χ1) is 9.60. The van der Waals surface area contributed by atoms with Crippen LogP contribution in [0.25, 0.3) is 0 Å². The Balaban J connectivity index is 2.14. The molecule has 0 unspecified atom stereocenters. The number of furan rings is 1. The molecule has 20 heavy (non-hydrogen) atoms. The van der Waals surface area contributed by atoms with Gasteiger partial charge in [-0.25, -0.2) is 0 Å². The Bertz CT molecular complexity index is 470. The number of carbonyl (C=O) groups is 1. The van der Waals surface area contributed by atoms with Crippen molar-refractivity contribution in [2.24, 2.45) is 5.73 Å². The Labute approximate surface area is 120 Å². The molecule has 2 atom stereocenters. The molecule has 0 spiro atoms. The molecular formula is C15H24N2O3. The first-order valence-corrected chi connectivity index (χ1v) is 7.23. The fraction of sp³-hybridized carbons (Fsp3) is 0.667. The summed E-state index contributed by atoms with van der Waals surface area (Å²) in [5.41, 5.74) is 6.84. The minimum atomic E-state index is -0.0576. The number of aryl methyl sites for hydroxylation is 2. The maximum Gasteiger partial charge on any atom is 0.289 e. The van der Waals surface area contributed by atoms with Gasteiger partial charge in [0.25, 0.3) is 5.91 Å². The fourth-order valence-electron chi connectivity index (χ4n) is 2.84. The number of hydrogen-bond donors (Lipinski definition) is 1. The fourth-order valence-corrected chi connectivity index (χ4v) is 2.84. The topological polar surface area (TPSA) is 68.7 Å². The Hall–Kier alpha value is -1.33. The van der Waals surface area contributed by atoms with E-state index >= 15 is 0 Å². The summed E-state index contributed by atoms with van der Waals surface area (Å²) in [7, 11) is 1.71. The minimum absolute atomic E-state index is 0.0247. The maximum atomic E-state index is 12.6. The highest BCUT2D eigenvalue weighted by atomic mass is 16.5. The Morgan fingerprint density at radius 2 is 2.35 bits per heavy atom. The van der Waals surface area contributed by atoms with Crippen LogP contribution in [-0.4, -0.2) is 43.2 Å². The highest BCUT2D eigenvalue weighted by Gasteiger charge is 2.32. The Morgan fingerprint density at radius 1 is 1.60 bits per heavy atom. The van der Waals surface area contributed by atoms with Gasteiger partial charge in [0.15, 0.2) is 5.76 Å². The van der Waals surface area contributed by atoms with Gasteiger partial charge in [0.1, 0.15) is 5.76 Å². The molecular weight excluding hydrogens is 256 g/mol. The van der Waals surface area contributed by atoms with Crippen molar-refractivity contribution in [3.63, 3.8) is 0 Å². The van der Waals surface area contributed by atoms with Gasteiger partial charge in [-0.2, -0.15) is 0 Å². The van der Waals surface area contributed by atoms with Crippen LogP contribution < -0.4 is 5.73 Å². The van der Waals surface area contributed by atoms with Crippen LogP contribution in [0.2, 0.25) is 0 Å². The molecule has 1 saturated heterocycles. The summed E-state index contributed by atoms with van der Waals surface area (Å²) in [6, 6.07) is 1.86. The summed E-state index contributed by atoms with van der Waals surface area (Å²) < 4.78 is 11.0. The van der Waals surface area contributed by atoms with Crippen molar-refractivity contribution in [2.45, 2.75) is 45.3 Å². The molecule has 1 aliphatic heterocycles. The summed E-state index contributed by atoms with van der Waals surface area (Å²) in [5.74, 6) is 1.25. The summed E-state index contributed by atoms with van der Waals surface area (Å²) in [5, 5.41) is 0. The molecule has 1 aliphatic rings. The number of amides is 1. The lowest BCUT2D eigenvalue weighted by Crippen LogP contribution is -2.51. The first kappa shape index (κ1) is 15.1. The van der Waals surface area contributed by atoms with E-state index in [-0.39, 0.29) is 18.1 Å². The van der Waals surface area contributed by atoms with Crippen molar-refractivity contribution in [2.75, 3.05) is 20.2 Å². The largest absolute Gasteiger partial charge is 0.456 e. The summed E-state index contributed by atoms with van der Waals surface area (Å²) in [6.45, 7) is 5.11. The van der Waals surface area contributed by atoms with Crippen LogP contribution >= 0.6 is 0 Å². The van der Waals surface area contributed by atoms with E-state index in [1.54, 1.807) is 7.11 Å². The highest BCUT2D eigenvalue weighted by Crippen LogP contribution is 2.23. The van der Waals surface area contributed by atoms with Gasteiger partial charge >= 0.3 is 0 Å². The number of piperidine rings is 1. The van der Waals surface area contributed by atoms with Gasteiger partial charge in [-0.1, -0.05) is 6.92 Å². The standard InChI is InChI=1S/C15H24N2O3/c1-4-13-10(2)7-14(20-13)15(18)17-6-5-12(19-3)8-11(17)9-16/h7,11-12H,4-6,8-9,16H2,1-3H3/t11-,12+/m1/s1. The number of methoxy groups -OCH3 is 1. The predicted molar refractivity (Wildman–Crippen MR) is 76.7 cm³/mol. The second-order valence-electron chi connectivity index (χ2n) is 5.34. The van der Waals surface area contributed by atoms with E-state index in [4.69, 9.17) is 14.9 Å². The zero-order chi connectivity index (χ0) is 14.7. The molecule has 0 radical (unpaired) electrons. The van der Waals surface area contributed by atoms with Crippen LogP contribution in [0.1, 0.15) is 41.6 Å². The molecule has 0 aliphatic carbocycles. The molecule has 0 saturated carbocycles. The van der Waals surface area contributed by atoms with Crippen molar-refractivity contribution >= 4 is 5.91 Å². The van der Waals surface area contributed by atoms with Gasteiger partial charge in [-0.3, -0.25) is 4.79 Å². The maximum absolute atomic E-state index is 12.6. The monoisotopic (exact) mass is 280 g/mol. The zero-order valence-electron chi connectivity index (χ0n) is 12.5. The van der Waals surface area contributed by atoms with Crippen molar-refractivity contribution in [1.29, 1.82) is 0 Å². The van der Waals surface area contributed by atoms with Crippen LogP contribution in [0.3, 0.4) is 0 Å². The smallest absolute Gasteiger partial charge is 0.289 e. The van der Waals surface area contributed by atoms with Crippen molar-refractivity contribution in [3.05, 3.63) is 23.2 Å². The molecule has 1 fully saturated rings. The Morgan fingerprint density at radius 3 is 2.90 bits per heavy atom. The minimum Gasteiger partial charge on any atom is -0.456 e. The molecule has 0 bridgehead atoms. The molecule has 5 nitrogen and oxygen atoms in total. The molecule has 1 aromatic heterocycles. The van der Waals surface area contributed by atoms with Crippen molar-refractivity contribution in [3.8, 4) is 0 Å². The molecule has 5 heteroatoms. The lowest BCUT2D eigenvalue weighted by molar-refractivity contribution is 0.0123. The van der Waals surface area contributed by atoms with E-state index in [2.05, 4.69) is 0 Å². The van der Waals surface area contributed by atoms with E-state index in [1.807, 2.05) is 24.8 Å². The number of hydrogen-bond acceptors (Lipinski definition) is 4. The van der Waals surface area contributed by atoms with Gasteiger partial charge < -0.3 is 19.8 Å². The second-order valence-corrected chi connectivity index (χ2v) is 5.34. The molecule has 112 valence electrons. The van der Waals surface area contributed by atoms with E-state index < -0.39 is 0 Å². The van der Waals surface area contributed by atoms with Gasteiger partial charge in [-0.05, 0) is 31.4 Å². The van der Waals surface area contributed by atoms with Crippen LogP contribution in [-0.2, 0) is 11.2 Å². The van der Waals surface area contributed by atoms with Crippen LogP contribution in [0, 0.1) is 6.92 Å². The van der Waals surface area contributed by atoms with Gasteiger partial charge in [0.05, 0.1) is 6.10 Å². The first-order valence-electron chi connectivity index (χ1n) is 7.23. The van der Waals surface area contributed by atoms with E-state index in [1.165, 1.54) is 0 Å². The van der Waals surface area contributed by atoms with Crippen LogP contribution in [0.5, 0.6) is 0 Å². The third kappa shape index (κ3) is 2.88. The molecule has 0 aromatic carbocycles. The summed E-state index contributed by atoms with van der Waals surface area (Å²) >= 11 is 0. The van der Waals surface area contributed by atoms with Crippen molar-refractivity contribution < 1.29 is 13.9 Å². The average Bonchev–Trinajstić information content (AvgIpc) is 2.86. The number of nitrogens with two attached hydrogens (primary N) is 1. The summed E-state index contributed by atoms with van der Waals surface area (Å²) in [6.07, 6.45) is 2.63. The predicted octanol–water partition coefficient (Wildman–Crippen LogP) is 1.73. The number of nitrogens with zero attached hydrogens (tertiary/aromatic N) is 1. The number of rotatable bonds is 4. The van der Waals surface area contributed by atoms with Crippen LogP contribution in [0.4, 0.5) is 0 Å². The number of likely N-dealkylation sites (tertiary alicyclic amines) is 1. The SMILES string of the molecule is CCc1oc(C(=O)N2CC[C@H](OC)C[C@@H]2CN)cc1C. The molecule has 2 N–H and O–H groups in total. The molecule has 2 rings (SSSR count). The molecule has 2 heterocycles. The zero-order valence-corrected chi connectivity index (χ0v) is 12.5. The molecule has 1 amide bonds. The molecule has 1 aromatic rings. The number of ether oxygens (including phenoxy) is 1. The quantitative estimate of drug-likeness (QED) is 0.912. The van der Waals surface area contributed by atoms with Gasteiger partial charge in [0, 0.05) is 32.7 Å². The Kier molecular flexibility index (Phi) is 4.83. The van der Waals surface area contributed by atoms with E-state index in [0.29, 0.717) is 18.8 Å². The van der Waals surface area contributed by atoms with E-state index in [0.717, 1.165) is 30.6 Å². The lowest BCUT2D eigenvalue weighted by atomic mass is 9.99. The van der Waals surface area contributed by atoms with E-state index in [9.17, 15) is 4.79 Å². The third-order valence-corrected chi connectivity index (χ3v) is 4.09. The van der Waals surface area contributed by atoms with Gasteiger partial charge in [-0.15, -0.1) is 0 Å². The lowest BCUT2D eigenvalue weighted by Gasteiger charge is -2.38. The third-order valence-electron chi connectivity index (χ3n) is 4.09. The summed E-state index contributed by atoms with van der Waals surface area (Å²) in [4.78, 5) is 14.4. The number of carbonyl (C=O) groups excluding carboxylic acids is 1. The average molecular weight is 280 g/mol. The van der Waals surface area contributed by atoms with Gasteiger partial charge in [0.2, 0.25) is 0 Å². The second kappa shape index (κ2) is 6.41. The van der Waals surface area contributed by atoms with Crippen molar-refractivity contribution in [1.82, 2.24) is 4.90 Å². The van der Waals surface area contributed by atoms with Crippen LogP contribution in [0.15, 0.2) is 10.5 Å².